The number of carbonyl (C=O) groups is 2. The lowest BCUT2D eigenvalue weighted by Gasteiger charge is -2.17. The monoisotopic (exact) mass is 379 g/mol. The minimum absolute atomic E-state index is 0.0385. The van der Waals surface area contributed by atoms with Crippen molar-refractivity contribution in [2.45, 2.75) is 25.7 Å². The molecule has 2 aromatic carbocycles. The molecule has 0 saturated carbocycles. The van der Waals surface area contributed by atoms with Crippen LogP contribution in [0.25, 0.3) is 16.7 Å². The summed E-state index contributed by atoms with van der Waals surface area (Å²) in [7, 11) is 3.13. The van der Waals surface area contributed by atoms with Gasteiger partial charge in [-0.05, 0) is 30.7 Å². The summed E-state index contributed by atoms with van der Waals surface area (Å²) in [5.41, 5.74) is 2.98. The average Bonchev–Trinajstić information content (AvgIpc) is 3.10. The van der Waals surface area contributed by atoms with Crippen LogP contribution in [0.15, 0.2) is 54.6 Å². The molecule has 146 valence electrons. The molecule has 0 radical (unpaired) electrons. The van der Waals surface area contributed by atoms with Gasteiger partial charge >= 0.3 is 5.97 Å². The number of rotatable bonds is 8. The van der Waals surface area contributed by atoms with Crippen molar-refractivity contribution in [2.75, 3.05) is 20.7 Å². The van der Waals surface area contributed by atoms with Gasteiger partial charge in [0.1, 0.15) is 5.82 Å². The number of nitrogens with zero attached hydrogens (tertiary/aromatic N) is 3. The molecule has 0 unspecified atom stereocenters. The first-order valence-corrected chi connectivity index (χ1v) is 9.42. The van der Waals surface area contributed by atoms with Crippen molar-refractivity contribution in [1.82, 2.24) is 14.5 Å². The summed E-state index contributed by atoms with van der Waals surface area (Å²) in [6.45, 7) is 0.531. The third kappa shape index (κ3) is 4.57. The topological polar surface area (TPSA) is 64.4 Å². The Kier molecular flexibility index (Phi) is 6.42. The van der Waals surface area contributed by atoms with E-state index < -0.39 is 0 Å². The van der Waals surface area contributed by atoms with E-state index >= 15 is 0 Å². The maximum atomic E-state index is 12.5. The van der Waals surface area contributed by atoms with E-state index in [-0.39, 0.29) is 11.9 Å². The Morgan fingerprint density at radius 2 is 1.75 bits per heavy atom. The normalized spacial score (nSPS) is 10.8. The smallest absolute Gasteiger partial charge is 0.305 e. The molecule has 1 aromatic heterocycles. The molecule has 3 rings (SSSR count). The van der Waals surface area contributed by atoms with Gasteiger partial charge in [-0.25, -0.2) is 4.98 Å². The number of esters is 1. The SMILES string of the molecule is COC(=O)CCCN(C)C(=O)CCc1nc2ccccc2n1-c1ccccc1. The Balaban J connectivity index is 1.71. The molecule has 0 fully saturated rings. The third-order valence-electron chi connectivity index (χ3n) is 4.73. The van der Waals surface area contributed by atoms with Crippen LogP contribution >= 0.6 is 0 Å². The molecular formula is C22H25N3O3. The van der Waals surface area contributed by atoms with Gasteiger partial charge < -0.3 is 9.64 Å². The summed E-state index contributed by atoms with van der Waals surface area (Å²) in [6, 6.07) is 18.0. The molecule has 6 nitrogen and oxygen atoms in total. The molecule has 1 heterocycles. The first-order chi connectivity index (χ1) is 13.6. The lowest BCUT2D eigenvalue weighted by atomic mass is 10.2. The molecule has 0 aliphatic heterocycles. The van der Waals surface area contributed by atoms with Gasteiger partial charge in [-0.2, -0.15) is 0 Å². The molecule has 1 amide bonds. The zero-order chi connectivity index (χ0) is 19.9. The largest absolute Gasteiger partial charge is 0.469 e. The number of carbonyl (C=O) groups excluding carboxylic acids is 2. The van der Waals surface area contributed by atoms with Gasteiger partial charge in [0.05, 0.1) is 18.1 Å². The van der Waals surface area contributed by atoms with Crippen LogP contribution in [0.1, 0.15) is 25.1 Å². The number of hydrogen-bond acceptors (Lipinski definition) is 4. The van der Waals surface area contributed by atoms with E-state index in [9.17, 15) is 9.59 Å². The zero-order valence-corrected chi connectivity index (χ0v) is 16.3. The van der Waals surface area contributed by atoms with Crippen LogP contribution in [0, 0.1) is 0 Å². The average molecular weight is 379 g/mol. The van der Waals surface area contributed by atoms with E-state index in [0.29, 0.717) is 32.2 Å². The lowest BCUT2D eigenvalue weighted by Crippen LogP contribution is -2.28. The van der Waals surface area contributed by atoms with Crippen molar-refractivity contribution in [3.05, 3.63) is 60.4 Å². The highest BCUT2D eigenvalue weighted by atomic mass is 16.5. The molecule has 0 aliphatic rings. The quantitative estimate of drug-likeness (QED) is 0.563. The molecule has 0 bridgehead atoms. The Morgan fingerprint density at radius 3 is 2.50 bits per heavy atom. The van der Waals surface area contributed by atoms with E-state index in [1.165, 1.54) is 7.11 Å². The number of ether oxygens (including phenoxy) is 1. The summed E-state index contributed by atoms with van der Waals surface area (Å²) in [4.78, 5) is 30.1. The second-order valence-corrected chi connectivity index (χ2v) is 6.68. The fraction of sp³-hybridized carbons (Fsp3) is 0.318. The van der Waals surface area contributed by atoms with Gasteiger partial charge in [-0.1, -0.05) is 30.3 Å². The van der Waals surface area contributed by atoms with Gasteiger partial charge in [0.2, 0.25) is 5.91 Å². The summed E-state index contributed by atoms with van der Waals surface area (Å²) in [6.07, 6.45) is 1.82. The number of benzene rings is 2. The fourth-order valence-electron chi connectivity index (χ4n) is 3.21. The minimum Gasteiger partial charge on any atom is -0.469 e. The van der Waals surface area contributed by atoms with Crippen molar-refractivity contribution >= 4 is 22.9 Å². The molecule has 28 heavy (non-hydrogen) atoms. The van der Waals surface area contributed by atoms with Crippen molar-refractivity contribution in [3.63, 3.8) is 0 Å². The highest BCUT2D eigenvalue weighted by molar-refractivity contribution is 5.79. The Labute approximate surface area is 164 Å². The first-order valence-electron chi connectivity index (χ1n) is 9.42. The summed E-state index contributed by atoms with van der Waals surface area (Å²) < 4.78 is 6.74. The third-order valence-corrected chi connectivity index (χ3v) is 4.73. The number of fused-ring (bicyclic) bond motifs is 1. The minimum atomic E-state index is -0.252. The van der Waals surface area contributed by atoms with Gasteiger partial charge in [-0.3, -0.25) is 14.2 Å². The molecule has 6 heteroatoms. The van der Waals surface area contributed by atoms with Crippen molar-refractivity contribution in [1.29, 1.82) is 0 Å². The Morgan fingerprint density at radius 1 is 1.04 bits per heavy atom. The van der Waals surface area contributed by atoms with Crippen LogP contribution in [-0.2, 0) is 20.7 Å². The van der Waals surface area contributed by atoms with Crippen LogP contribution in [0.4, 0.5) is 0 Å². The molecule has 0 N–H and O–H groups in total. The van der Waals surface area contributed by atoms with Crippen molar-refractivity contribution in [3.8, 4) is 5.69 Å². The summed E-state index contributed by atoms with van der Waals surface area (Å²) >= 11 is 0. The maximum Gasteiger partial charge on any atom is 0.305 e. The van der Waals surface area contributed by atoms with E-state index in [4.69, 9.17) is 4.98 Å². The van der Waals surface area contributed by atoms with Crippen LogP contribution in [-0.4, -0.2) is 47.0 Å². The van der Waals surface area contributed by atoms with Gasteiger partial charge in [0.15, 0.2) is 0 Å². The number of imidazole rings is 1. The van der Waals surface area contributed by atoms with E-state index in [1.54, 1.807) is 11.9 Å². The van der Waals surface area contributed by atoms with E-state index in [2.05, 4.69) is 9.30 Å². The van der Waals surface area contributed by atoms with Gasteiger partial charge in [-0.15, -0.1) is 0 Å². The van der Waals surface area contributed by atoms with Crippen LogP contribution in [0.5, 0.6) is 0 Å². The maximum absolute atomic E-state index is 12.5. The highest BCUT2D eigenvalue weighted by Gasteiger charge is 2.15. The van der Waals surface area contributed by atoms with E-state index in [1.807, 2.05) is 54.6 Å². The molecule has 0 aliphatic carbocycles. The second-order valence-electron chi connectivity index (χ2n) is 6.68. The number of para-hydroxylation sites is 3. The van der Waals surface area contributed by atoms with Crippen molar-refractivity contribution in [2.24, 2.45) is 0 Å². The summed E-state index contributed by atoms with van der Waals surface area (Å²) in [5, 5.41) is 0. The lowest BCUT2D eigenvalue weighted by molar-refractivity contribution is -0.141. The Bertz CT molecular complexity index is 950. The number of amides is 1. The second kappa shape index (κ2) is 9.17. The van der Waals surface area contributed by atoms with Crippen LogP contribution < -0.4 is 0 Å². The van der Waals surface area contributed by atoms with Gasteiger partial charge in [0.25, 0.3) is 0 Å². The molecule has 0 saturated heterocycles. The number of hydrogen-bond donors (Lipinski definition) is 0. The zero-order valence-electron chi connectivity index (χ0n) is 16.3. The number of aryl methyl sites for hydroxylation is 1. The fourth-order valence-corrected chi connectivity index (χ4v) is 3.21. The van der Waals surface area contributed by atoms with Crippen molar-refractivity contribution < 1.29 is 14.3 Å². The van der Waals surface area contributed by atoms with Crippen LogP contribution in [0.2, 0.25) is 0 Å². The molecule has 3 aromatic rings. The predicted molar refractivity (Wildman–Crippen MR) is 108 cm³/mol. The molecule has 0 spiro atoms. The standard InChI is InChI=1S/C22H25N3O3/c1-24(16-8-13-22(27)28-2)21(26)15-14-20-23-18-11-6-7-12-19(18)25(20)17-9-4-3-5-10-17/h3-7,9-12H,8,13-16H2,1-2H3. The molecular weight excluding hydrogens is 354 g/mol. The Hall–Kier alpha value is -3.15. The predicted octanol–water partition coefficient (Wildman–Crippen LogP) is 3.37. The van der Waals surface area contributed by atoms with Crippen LogP contribution in [0.3, 0.4) is 0 Å². The summed E-state index contributed by atoms with van der Waals surface area (Å²) in [5.74, 6) is 0.651. The van der Waals surface area contributed by atoms with Gasteiger partial charge in [0, 0.05) is 38.5 Å². The molecule has 0 atom stereocenters. The van der Waals surface area contributed by atoms with E-state index in [0.717, 1.165) is 22.5 Å². The number of aromatic nitrogens is 2. The first kappa shape index (κ1) is 19.6. The number of methoxy groups -OCH3 is 1. The highest BCUT2D eigenvalue weighted by Crippen LogP contribution is 2.22.